The molecule has 60 heavy (non-hydrogen) atoms. The Morgan fingerprint density at radius 2 is 0.650 bits per heavy atom. The zero-order valence-electron chi connectivity index (χ0n) is 33.3. The van der Waals surface area contributed by atoms with Crippen molar-refractivity contribution in [1.29, 1.82) is 0 Å². The Bertz CT molecular complexity index is 2950. The first-order valence-electron chi connectivity index (χ1n) is 20.7. The first-order valence-corrected chi connectivity index (χ1v) is 22.7. The Labute approximate surface area is 354 Å². The van der Waals surface area contributed by atoms with Gasteiger partial charge in [0.2, 0.25) is 0 Å². The molecule has 0 aliphatic carbocycles. The molecule has 10 aromatic carbocycles. The number of benzene rings is 10. The van der Waals surface area contributed by atoms with E-state index in [0.29, 0.717) is 0 Å². The summed E-state index contributed by atoms with van der Waals surface area (Å²) >= 11 is 0. The quantitative estimate of drug-likeness (QED) is 0.0987. The van der Waals surface area contributed by atoms with Gasteiger partial charge in [0.15, 0.2) is 8.07 Å². The zero-order chi connectivity index (χ0) is 40.1. The maximum absolute atomic E-state index is 2.81. The summed E-state index contributed by atoms with van der Waals surface area (Å²) in [5, 5.41) is 7.92. The summed E-state index contributed by atoms with van der Waals surface area (Å²) in [4.78, 5) is 2.43. The number of nitrogens with zero attached hydrogens (tertiary/aromatic N) is 1. The van der Waals surface area contributed by atoms with Crippen LogP contribution < -0.4 is 25.6 Å². The lowest BCUT2D eigenvalue weighted by atomic mass is 9.96. The highest BCUT2D eigenvalue weighted by Crippen LogP contribution is 2.43. The average molecular weight is 782 g/mol. The fourth-order valence-corrected chi connectivity index (χ4v) is 13.7. The predicted molar refractivity (Wildman–Crippen MR) is 259 cm³/mol. The van der Waals surface area contributed by atoms with E-state index < -0.39 is 8.07 Å². The number of fused-ring (bicyclic) bond motifs is 1. The van der Waals surface area contributed by atoms with Gasteiger partial charge in [0.1, 0.15) is 0 Å². The van der Waals surface area contributed by atoms with Gasteiger partial charge in [-0.1, -0.05) is 224 Å². The summed E-state index contributed by atoms with van der Waals surface area (Å²) in [6, 6.07) is 95.7. The first kappa shape index (κ1) is 36.8. The van der Waals surface area contributed by atoms with Crippen molar-refractivity contribution in [3.05, 3.63) is 261 Å². The van der Waals surface area contributed by atoms with Gasteiger partial charge in [-0.15, -0.1) is 0 Å². The summed E-state index contributed by atoms with van der Waals surface area (Å²) in [5.74, 6) is 0. The van der Waals surface area contributed by atoms with E-state index in [9.17, 15) is 0 Å². The second kappa shape index (κ2) is 16.4. The molecule has 0 aliphatic heterocycles. The lowest BCUT2D eigenvalue weighted by Crippen LogP contribution is -2.74. The van der Waals surface area contributed by atoms with E-state index in [-0.39, 0.29) is 0 Å². The average Bonchev–Trinajstić information content (AvgIpc) is 3.34. The van der Waals surface area contributed by atoms with Gasteiger partial charge in [-0.3, -0.25) is 0 Å². The van der Waals surface area contributed by atoms with E-state index in [0.717, 1.165) is 17.1 Å². The van der Waals surface area contributed by atoms with Crippen molar-refractivity contribution in [2.75, 3.05) is 4.90 Å². The molecular weight excluding hydrogens is 739 g/mol. The Kier molecular flexibility index (Phi) is 10.0. The number of anilines is 3. The Morgan fingerprint density at radius 1 is 0.250 bits per heavy atom. The van der Waals surface area contributed by atoms with Gasteiger partial charge in [-0.2, -0.15) is 0 Å². The molecule has 0 unspecified atom stereocenters. The van der Waals surface area contributed by atoms with Gasteiger partial charge in [0, 0.05) is 16.9 Å². The zero-order valence-corrected chi connectivity index (χ0v) is 34.3. The summed E-state index contributed by atoms with van der Waals surface area (Å²) in [7, 11) is -2.81. The van der Waals surface area contributed by atoms with Crippen LogP contribution in [0, 0.1) is 0 Å². The monoisotopic (exact) mass is 781 g/mol. The van der Waals surface area contributed by atoms with Gasteiger partial charge in [0.05, 0.1) is 5.69 Å². The molecule has 10 rings (SSSR count). The summed E-state index contributed by atoms with van der Waals surface area (Å²) in [5.41, 5.74) is 10.4. The van der Waals surface area contributed by atoms with Crippen LogP contribution in [0.4, 0.5) is 17.1 Å². The molecule has 0 N–H and O–H groups in total. The van der Waals surface area contributed by atoms with E-state index in [1.807, 2.05) is 0 Å². The maximum Gasteiger partial charge on any atom is 0.179 e. The molecule has 0 aromatic heterocycles. The van der Waals surface area contributed by atoms with Crippen LogP contribution in [0.1, 0.15) is 0 Å². The molecule has 0 saturated heterocycles. The fourth-order valence-electron chi connectivity index (χ4n) is 8.91. The number of hydrogen-bond acceptors (Lipinski definition) is 1. The molecule has 10 aromatic rings. The molecule has 2 heteroatoms. The highest BCUT2D eigenvalue weighted by atomic mass is 28.3. The van der Waals surface area contributed by atoms with Crippen LogP contribution in [-0.2, 0) is 0 Å². The van der Waals surface area contributed by atoms with Crippen LogP contribution in [0.3, 0.4) is 0 Å². The standard InChI is InChI=1S/C58H43NSi/c1-6-18-44(19-7-1)47-30-34-51(35-31-47)59(58-41-33-50(45-20-8-2-9-21-45)43-57(58)48-23-10-3-11-24-48)52-36-39-55(40-37-52)60(53-26-12-4-13-27-53,54-28-14-5-15-29-54)56-38-32-46-22-16-17-25-49(46)42-56/h1-43H. The smallest absolute Gasteiger partial charge is 0.179 e. The van der Waals surface area contributed by atoms with Crippen molar-refractivity contribution >= 4 is 56.7 Å². The van der Waals surface area contributed by atoms with Crippen molar-refractivity contribution in [1.82, 2.24) is 0 Å². The minimum absolute atomic E-state index is 1.09. The maximum atomic E-state index is 2.44. The van der Waals surface area contributed by atoms with Crippen LogP contribution in [0.2, 0.25) is 0 Å². The lowest BCUT2D eigenvalue weighted by molar-refractivity contribution is 1.28. The minimum atomic E-state index is -2.81. The van der Waals surface area contributed by atoms with Crippen molar-refractivity contribution in [2.45, 2.75) is 0 Å². The van der Waals surface area contributed by atoms with Crippen LogP contribution in [0.5, 0.6) is 0 Å². The number of hydrogen-bond donors (Lipinski definition) is 0. The van der Waals surface area contributed by atoms with Gasteiger partial charge in [0.25, 0.3) is 0 Å². The largest absolute Gasteiger partial charge is 0.310 e. The Balaban J connectivity index is 1.18. The summed E-state index contributed by atoms with van der Waals surface area (Å²) in [6.07, 6.45) is 0. The van der Waals surface area contributed by atoms with E-state index in [4.69, 9.17) is 0 Å². The molecule has 0 radical (unpaired) electrons. The van der Waals surface area contributed by atoms with Gasteiger partial charge < -0.3 is 4.90 Å². The van der Waals surface area contributed by atoms with Crippen LogP contribution >= 0.6 is 0 Å². The van der Waals surface area contributed by atoms with E-state index in [1.54, 1.807) is 0 Å². The van der Waals surface area contributed by atoms with Crippen molar-refractivity contribution in [3.8, 4) is 33.4 Å². The van der Waals surface area contributed by atoms with Crippen LogP contribution in [-0.4, -0.2) is 8.07 Å². The molecule has 0 spiro atoms. The second-order valence-corrected chi connectivity index (χ2v) is 19.1. The SMILES string of the molecule is c1ccc(-c2ccc(N(c3ccc([Si](c4ccccc4)(c4ccccc4)c4ccc5ccccc5c4)cc3)c3ccc(-c4ccccc4)cc3-c3ccccc3)cc2)cc1. The fraction of sp³-hybridized carbons (Fsp3) is 0. The van der Waals surface area contributed by atoms with Crippen molar-refractivity contribution < 1.29 is 0 Å². The normalized spacial score (nSPS) is 11.3. The van der Waals surface area contributed by atoms with Crippen molar-refractivity contribution in [2.24, 2.45) is 0 Å². The minimum Gasteiger partial charge on any atom is -0.310 e. The molecule has 0 saturated carbocycles. The van der Waals surface area contributed by atoms with E-state index >= 15 is 0 Å². The van der Waals surface area contributed by atoms with Gasteiger partial charge in [-0.25, -0.2) is 0 Å². The third-order valence-electron chi connectivity index (χ3n) is 11.8. The molecule has 0 bridgehead atoms. The molecule has 284 valence electrons. The third-order valence-corrected chi connectivity index (χ3v) is 16.6. The molecule has 0 fully saturated rings. The molecular formula is C58H43NSi. The third kappa shape index (κ3) is 6.94. The molecule has 0 aliphatic rings. The highest BCUT2D eigenvalue weighted by Gasteiger charge is 2.41. The first-order chi connectivity index (χ1) is 29.8. The van der Waals surface area contributed by atoms with E-state index in [2.05, 4.69) is 266 Å². The molecule has 0 heterocycles. The summed E-state index contributed by atoms with van der Waals surface area (Å²) in [6.45, 7) is 0. The second-order valence-electron chi connectivity index (χ2n) is 15.3. The number of rotatable bonds is 10. The lowest BCUT2D eigenvalue weighted by Gasteiger charge is -2.35. The molecule has 0 amide bonds. The highest BCUT2D eigenvalue weighted by molar-refractivity contribution is 7.20. The van der Waals surface area contributed by atoms with Crippen LogP contribution in [0.25, 0.3) is 44.2 Å². The predicted octanol–water partition coefficient (Wildman–Crippen LogP) is 12.7. The van der Waals surface area contributed by atoms with Gasteiger partial charge in [-0.05, 0) is 95.7 Å². The van der Waals surface area contributed by atoms with E-state index in [1.165, 1.54) is 64.9 Å². The summed E-state index contributed by atoms with van der Waals surface area (Å²) < 4.78 is 0. The van der Waals surface area contributed by atoms with Crippen LogP contribution in [0.15, 0.2) is 261 Å². The van der Waals surface area contributed by atoms with Crippen molar-refractivity contribution in [3.63, 3.8) is 0 Å². The van der Waals surface area contributed by atoms with Gasteiger partial charge >= 0.3 is 0 Å². The Hall–Kier alpha value is -7.52. The molecule has 0 atom stereocenters. The Morgan fingerprint density at radius 3 is 1.22 bits per heavy atom. The topological polar surface area (TPSA) is 3.24 Å². The molecule has 1 nitrogen and oxygen atoms in total.